The van der Waals surface area contributed by atoms with Gasteiger partial charge in [-0.2, -0.15) is 0 Å². The van der Waals surface area contributed by atoms with Crippen molar-refractivity contribution in [2.45, 2.75) is 19.6 Å². The zero-order valence-electron chi connectivity index (χ0n) is 16.0. The number of benzene rings is 2. The Hall–Kier alpha value is -3.74. The van der Waals surface area contributed by atoms with E-state index >= 15 is 0 Å². The number of carbonyl (C=O) groups excluding carboxylic acids is 1. The minimum absolute atomic E-state index is 0.0909. The molecule has 0 saturated carbocycles. The van der Waals surface area contributed by atoms with E-state index in [-0.39, 0.29) is 24.2 Å². The highest BCUT2D eigenvalue weighted by atomic mass is 19.1. The maximum absolute atomic E-state index is 13.7. The summed E-state index contributed by atoms with van der Waals surface area (Å²) in [5.74, 6) is -1.85. The average molecular weight is 407 g/mol. The van der Waals surface area contributed by atoms with Crippen LogP contribution in [-0.4, -0.2) is 15.0 Å². The molecule has 0 spiro atoms. The lowest BCUT2D eigenvalue weighted by atomic mass is 10.2. The zero-order chi connectivity index (χ0) is 21.1. The summed E-state index contributed by atoms with van der Waals surface area (Å²) in [4.78, 5) is 25.3. The molecule has 1 amide bonds. The molecule has 4 rings (SSSR count). The Balaban J connectivity index is 1.51. The van der Waals surface area contributed by atoms with Crippen LogP contribution in [0.15, 0.2) is 77.9 Å². The standard InChI is InChI=1S/C23H19F2N3O2/c24-19-7-6-18(20(25)12-19)13-26-21(29)15-28-11-9-17-8-10-27(22(17)23(28)30)14-16-4-2-1-3-5-16/h1-12H,13-15H2,(H,26,29). The topological polar surface area (TPSA) is 56.0 Å². The van der Waals surface area contributed by atoms with Crippen LogP contribution in [0.5, 0.6) is 0 Å². The number of fused-ring (bicyclic) bond motifs is 1. The van der Waals surface area contributed by atoms with Crippen LogP contribution in [-0.2, 0) is 24.4 Å². The molecule has 0 unspecified atom stereocenters. The number of hydrogen-bond acceptors (Lipinski definition) is 2. The van der Waals surface area contributed by atoms with Gasteiger partial charge in [0, 0.05) is 42.5 Å². The van der Waals surface area contributed by atoms with Gasteiger partial charge in [0.2, 0.25) is 5.91 Å². The molecule has 0 aliphatic carbocycles. The highest BCUT2D eigenvalue weighted by molar-refractivity contribution is 5.80. The van der Waals surface area contributed by atoms with Crippen LogP contribution >= 0.6 is 0 Å². The van der Waals surface area contributed by atoms with Crippen molar-refractivity contribution in [1.29, 1.82) is 0 Å². The third-order valence-electron chi connectivity index (χ3n) is 4.89. The van der Waals surface area contributed by atoms with Crippen LogP contribution < -0.4 is 10.9 Å². The van der Waals surface area contributed by atoms with Crippen molar-refractivity contribution >= 4 is 16.8 Å². The van der Waals surface area contributed by atoms with Crippen LogP contribution in [0.2, 0.25) is 0 Å². The molecule has 0 saturated heterocycles. The van der Waals surface area contributed by atoms with E-state index < -0.39 is 17.5 Å². The Morgan fingerprint density at radius 3 is 2.40 bits per heavy atom. The number of hydrogen-bond donors (Lipinski definition) is 1. The summed E-state index contributed by atoms with van der Waals surface area (Å²) in [5, 5.41) is 3.36. The summed E-state index contributed by atoms with van der Waals surface area (Å²) in [5.41, 5.74) is 1.46. The maximum atomic E-state index is 13.7. The highest BCUT2D eigenvalue weighted by Crippen LogP contribution is 2.14. The fraction of sp³-hybridized carbons (Fsp3) is 0.130. The number of amides is 1. The first-order valence-electron chi connectivity index (χ1n) is 9.44. The fourth-order valence-corrected chi connectivity index (χ4v) is 3.35. The second kappa shape index (κ2) is 8.32. The second-order valence-corrected chi connectivity index (χ2v) is 6.99. The van der Waals surface area contributed by atoms with Crippen LogP contribution in [0.25, 0.3) is 10.9 Å². The fourth-order valence-electron chi connectivity index (χ4n) is 3.35. The van der Waals surface area contributed by atoms with Gasteiger partial charge in [0.15, 0.2) is 0 Å². The Labute approximate surface area is 171 Å². The van der Waals surface area contributed by atoms with Gasteiger partial charge in [0.1, 0.15) is 23.7 Å². The molecule has 4 aromatic rings. The summed E-state index contributed by atoms with van der Waals surface area (Å²) >= 11 is 0. The van der Waals surface area contributed by atoms with E-state index in [1.807, 2.05) is 47.2 Å². The molecular weight excluding hydrogens is 388 g/mol. The van der Waals surface area contributed by atoms with Crippen LogP contribution in [0.1, 0.15) is 11.1 Å². The van der Waals surface area contributed by atoms with Crippen molar-refractivity contribution in [2.24, 2.45) is 0 Å². The molecular formula is C23H19F2N3O2. The van der Waals surface area contributed by atoms with Gasteiger partial charge in [-0.25, -0.2) is 8.78 Å². The minimum Gasteiger partial charge on any atom is -0.350 e. The minimum atomic E-state index is -0.729. The third-order valence-corrected chi connectivity index (χ3v) is 4.89. The molecule has 0 aliphatic heterocycles. The number of rotatable bonds is 6. The van der Waals surface area contributed by atoms with Crippen molar-refractivity contribution in [1.82, 2.24) is 14.5 Å². The van der Waals surface area contributed by atoms with E-state index in [1.54, 1.807) is 12.3 Å². The SMILES string of the molecule is O=C(Cn1ccc2ccn(Cc3ccccc3)c2c1=O)NCc1ccc(F)cc1F. The molecule has 0 fully saturated rings. The molecule has 0 atom stereocenters. The predicted octanol–water partition coefficient (Wildman–Crippen LogP) is 3.45. The molecule has 2 aromatic heterocycles. The molecule has 1 N–H and O–H groups in total. The number of nitrogens with one attached hydrogen (secondary N) is 1. The number of aromatic nitrogens is 2. The lowest BCUT2D eigenvalue weighted by Gasteiger charge is -2.10. The Bertz CT molecular complexity index is 1260. The normalized spacial score (nSPS) is 11.0. The first-order valence-corrected chi connectivity index (χ1v) is 9.44. The number of carbonyl (C=O) groups is 1. The number of halogens is 2. The molecule has 7 heteroatoms. The second-order valence-electron chi connectivity index (χ2n) is 6.99. The van der Waals surface area contributed by atoms with E-state index in [4.69, 9.17) is 0 Å². The molecule has 5 nitrogen and oxygen atoms in total. The lowest BCUT2D eigenvalue weighted by molar-refractivity contribution is -0.121. The lowest BCUT2D eigenvalue weighted by Crippen LogP contribution is -2.32. The van der Waals surface area contributed by atoms with E-state index in [9.17, 15) is 18.4 Å². The van der Waals surface area contributed by atoms with Crippen LogP contribution in [0.3, 0.4) is 0 Å². The van der Waals surface area contributed by atoms with E-state index in [2.05, 4.69) is 5.32 Å². The van der Waals surface area contributed by atoms with Crippen molar-refractivity contribution in [3.05, 3.63) is 106 Å². The quantitative estimate of drug-likeness (QED) is 0.532. The Morgan fingerprint density at radius 2 is 1.67 bits per heavy atom. The van der Waals surface area contributed by atoms with Gasteiger partial charge in [0.25, 0.3) is 5.56 Å². The van der Waals surface area contributed by atoms with Crippen LogP contribution in [0, 0.1) is 11.6 Å². The Kier molecular flexibility index (Phi) is 5.43. The molecule has 0 bridgehead atoms. The number of nitrogens with zero attached hydrogens (tertiary/aromatic N) is 2. The third kappa shape index (κ3) is 4.15. The molecule has 152 valence electrons. The smallest absolute Gasteiger partial charge is 0.275 e. The molecule has 30 heavy (non-hydrogen) atoms. The van der Waals surface area contributed by atoms with Gasteiger partial charge >= 0.3 is 0 Å². The summed E-state index contributed by atoms with van der Waals surface area (Å²) in [6.45, 7) is 0.250. The van der Waals surface area contributed by atoms with E-state index in [0.717, 1.165) is 23.1 Å². The zero-order valence-corrected chi connectivity index (χ0v) is 16.0. The molecule has 0 radical (unpaired) electrons. The number of pyridine rings is 1. The van der Waals surface area contributed by atoms with Crippen molar-refractivity contribution in [3.63, 3.8) is 0 Å². The van der Waals surface area contributed by atoms with Crippen molar-refractivity contribution < 1.29 is 13.6 Å². The average Bonchev–Trinajstić information content (AvgIpc) is 3.13. The molecule has 2 aromatic carbocycles. The molecule has 0 aliphatic rings. The van der Waals surface area contributed by atoms with E-state index in [0.29, 0.717) is 12.1 Å². The van der Waals surface area contributed by atoms with Gasteiger partial charge in [-0.15, -0.1) is 0 Å². The first-order chi connectivity index (χ1) is 14.5. The van der Waals surface area contributed by atoms with Gasteiger partial charge in [-0.05, 0) is 23.8 Å². The first kappa shape index (κ1) is 19.6. The van der Waals surface area contributed by atoms with Crippen molar-refractivity contribution in [2.75, 3.05) is 0 Å². The molecule has 2 heterocycles. The van der Waals surface area contributed by atoms with E-state index in [1.165, 1.54) is 10.6 Å². The maximum Gasteiger partial charge on any atom is 0.275 e. The van der Waals surface area contributed by atoms with Gasteiger partial charge in [-0.3, -0.25) is 9.59 Å². The summed E-state index contributed by atoms with van der Waals surface area (Å²) in [7, 11) is 0. The predicted molar refractivity (Wildman–Crippen MR) is 110 cm³/mol. The van der Waals surface area contributed by atoms with Gasteiger partial charge < -0.3 is 14.5 Å². The summed E-state index contributed by atoms with van der Waals surface area (Å²) in [6.07, 6.45) is 3.41. The van der Waals surface area contributed by atoms with Crippen LogP contribution in [0.4, 0.5) is 8.78 Å². The highest BCUT2D eigenvalue weighted by Gasteiger charge is 2.12. The van der Waals surface area contributed by atoms with Gasteiger partial charge in [-0.1, -0.05) is 36.4 Å². The summed E-state index contributed by atoms with van der Waals surface area (Å²) < 4.78 is 29.9. The van der Waals surface area contributed by atoms with Gasteiger partial charge in [0.05, 0.1) is 0 Å². The Morgan fingerprint density at radius 1 is 0.933 bits per heavy atom. The summed E-state index contributed by atoms with van der Waals surface area (Å²) in [6, 6.07) is 16.6. The largest absolute Gasteiger partial charge is 0.350 e. The van der Waals surface area contributed by atoms with Crippen molar-refractivity contribution in [3.8, 4) is 0 Å². The monoisotopic (exact) mass is 407 g/mol.